The molecule has 0 unspecified atom stereocenters. The van der Waals surface area contributed by atoms with E-state index in [1.807, 2.05) is 11.8 Å². The number of nitrogens with zero attached hydrogens (tertiary/aromatic N) is 2. The standard InChI is InChI=1S/C20H28N4O2/c1-4-5-6-18(21)19(25)22-17-9-7-16(8-10-17)20(26)24-13-11-23(12-14-24)15(2)3/h5-10,15,21H,4,11-14H2,1-3H3,(H,22,25). The zero-order chi connectivity index (χ0) is 19.1. The number of piperazine rings is 1. The van der Waals surface area contributed by atoms with E-state index in [9.17, 15) is 9.59 Å². The van der Waals surface area contributed by atoms with Gasteiger partial charge in [-0.15, -0.1) is 0 Å². The van der Waals surface area contributed by atoms with Crippen molar-refractivity contribution in [2.75, 3.05) is 31.5 Å². The molecule has 140 valence electrons. The zero-order valence-electron chi connectivity index (χ0n) is 15.8. The molecule has 1 aliphatic heterocycles. The van der Waals surface area contributed by atoms with Crippen LogP contribution in [0.4, 0.5) is 5.69 Å². The van der Waals surface area contributed by atoms with Gasteiger partial charge in [-0.2, -0.15) is 0 Å². The van der Waals surface area contributed by atoms with Gasteiger partial charge in [0.1, 0.15) is 5.71 Å². The third-order valence-corrected chi connectivity index (χ3v) is 4.49. The summed E-state index contributed by atoms with van der Waals surface area (Å²) in [5.74, 6) is -0.441. The van der Waals surface area contributed by atoms with Crippen molar-refractivity contribution in [3.8, 4) is 0 Å². The van der Waals surface area contributed by atoms with Crippen LogP contribution in [0.15, 0.2) is 36.4 Å². The van der Waals surface area contributed by atoms with Gasteiger partial charge in [-0.1, -0.05) is 13.0 Å². The maximum Gasteiger partial charge on any atom is 0.273 e. The molecule has 1 aromatic carbocycles. The Morgan fingerprint density at radius 3 is 2.31 bits per heavy atom. The second-order valence-electron chi connectivity index (χ2n) is 6.68. The summed E-state index contributed by atoms with van der Waals surface area (Å²) in [6.45, 7) is 9.54. The van der Waals surface area contributed by atoms with Gasteiger partial charge in [0.25, 0.3) is 11.8 Å². The molecule has 0 aliphatic carbocycles. The summed E-state index contributed by atoms with van der Waals surface area (Å²) in [4.78, 5) is 28.8. The Bertz CT molecular complexity index is 672. The van der Waals surface area contributed by atoms with Crippen LogP contribution in [-0.2, 0) is 4.79 Å². The van der Waals surface area contributed by atoms with E-state index >= 15 is 0 Å². The molecule has 2 N–H and O–H groups in total. The summed E-state index contributed by atoms with van der Waals surface area (Å²) < 4.78 is 0. The lowest BCUT2D eigenvalue weighted by Gasteiger charge is -2.37. The van der Waals surface area contributed by atoms with Crippen molar-refractivity contribution >= 4 is 23.2 Å². The summed E-state index contributed by atoms with van der Waals surface area (Å²) >= 11 is 0. The second-order valence-corrected chi connectivity index (χ2v) is 6.68. The van der Waals surface area contributed by atoms with E-state index < -0.39 is 5.91 Å². The van der Waals surface area contributed by atoms with Gasteiger partial charge in [-0.3, -0.25) is 19.9 Å². The monoisotopic (exact) mass is 356 g/mol. The van der Waals surface area contributed by atoms with Crippen LogP contribution in [0.5, 0.6) is 0 Å². The number of nitrogens with one attached hydrogen (secondary N) is 2. The van der Waals surface area contributed by atoms with E-state index in [0.29, 0.717) is 17.3 Å². The fourth-order valence-electron chi connectivity index (χ4n) is 2.83. The van der Waals surface area contributed by atoms with Crippen LogP contribution in [0.25, 0.3) is 0 Å². The first-order chi connectivity index (χ1) is 12.4. The number of amides is 2. The van der Waals surface area contributed by atoms with Crippen LogP contribution in [0.3, 0.4) is 0 Å². The predicted molar refractivity (Wildman–Crippen MR) is 105 cm³/mol. The highest BCUT2D eigenvalue weighted by Crippen LogP contribution is 2.14. The summed E-state index contributed by atoms with van der Waals surface area (Å²) in [5, 5.41) is 10.3. The topological polar surface area (TPSA) is 76.5 Å². The second kappa shape index (κ2) is 9.29. The Hall–Kier alpha value is -2.47. The minimum absolute atomic E-state index is 0.0184. The molecule has 6 heteroatoms. The number of hydrogen-bond donors (Lipinski definition) is 2. The number of allylic oxidation sites excluding steroid dienone is 1. The molecular formula is C20H28N4O2. The van der Waals surface area contributed by atoms with Crippen molar-refractivity contribution in [2.45, 2.75) is 33.2 Å². The average Bonchev–Trinajstić information content (AvgIpc) is 2.66. The van der Waals surface area contributed by atoms with E-state index in [2.05, 4.69) is 24.1 Å². The van der Waals surface area contributed by atoms with Crippen molar-refractivity contribution < 1.29 is 9.59 Å². The molecule has 6 nitrogen and oxygen atoms in total. The fraction of sp³-hybridized carbons (Fsp3) is 0.450. The van der Waals surface area contributed by atoms with Crippen LogP contribution in [0, 0.1) is 5.41 Å². The van der Waals surface area contributed by atoms with E-state index in [0.717, 1.165) is 32.6 Å². The third-order valence-electron chi connectivity index (χ3n) is 4.49. The van der Waals surface area contributed by atoms with Crippen molar-refractivity contribution in [1.82, 2.24) is 9.80 Å². The summed E-state index contributed by atoms with van der Waals surface area (Å²) in [5.41, 5.74) is 1.10. The molecule has 0 spiro atoms. The van der Waals surface area contributed by atoms with Crippen LogP contribution in [0.1, 0.15) is 37.6 Å². The lowest BCUT2D eigenvalue weighted by Crippen LogP contribution is -2.50. The quantitative estimate of drug-likeness (QED) is 0.770. The van der Waals surface area contributed by atoms with Crippen LogP contribution < -0.4 is 5.32 Å². The van der Waals surface area contributed by atoms with Crippen LogP contribution in [-0.4, -0.2) is 59.5 Å². The van der Waals surface area contributed by atoms with E-state index in [4.69, 9.17) is 5.41 Å². The number of carbonyl (C=O) groups is 2. The molecule has 1 aromatic rings. The maximum absolute atomic E-state index is 12.6. The molecule has 2 rings (SSSR count). The molecule has 0 aromatic heterocycles. The normalized spacial score (nSPS) is 15.5. The maximum atomic E-state index is 12.6. The lowest BCUT2D eigenvalue weighted by molar-refractivity contribution is -0.110. The van der Waals surface area contributed by atoms with E-state index in [1.165, 1.54) is 6.08 Å². The molecule has 26 heavy (non-hydrogen) atoms. The molecule has 0 radical (unpaired) electrons. The van der Waals surface area contributed by atoms with Gasteiger partial charge in [0.15, 0.2) is 0 Å². The first-order valence-corrected chi connectivity index (χ1v) is 9.12. The minimum Gasteiger partial charge on any atom is -0.336 e. The molecule has 0 saturated carbocycles. The number of benzene rings is 1. The molecule has 1 heterocycles. The molecule has 1 aliphatic rings. The summed E-state index contributed by atoms with van der Waals surface area (Å²) in [7, 11) is 0. The number of rotatable bonds is 6. The third kappa shape index (κ3) is 5.26. The SMILES string of the molecule is CCC=CC(=N)C(=O)Nc1ccc(C(=O)N2CCN(C(C)C)CC2)cc1. The van der Waals surface area contributed by atoms with Crippen molar-refractivity contribution in [2.24, 2.45) is 0 Å². The zero-order valence-corrected chi connectivity index (χ0v) is 15.8. The number of anilines is 1. The smallest absolute Gasteiger partial charge is 0.273 e. The Labute approximate surface area is 155 Å². The van der Waals surface area contributed by atoms with Crippen LogP contribution >= 0.6 is 0 Å². The van der Waals surface area contributed by atoms with Gasteiger partial charge in [0.2, 0.25) is 0 Å². The summed E-state index contributed by atoms with van der Waals surface area (Å²) in [6.07, 6.45) is 4.03. The molecule has 0 bridgehead atoms. The molecule has 1 fully saturated rings. The Kier molecular flexibility index (Phi) is 7.09. The minimum atomic E-state index is -0.460. The Morgan fingerprint density at radius 1 is 1.15 bits per heavy atom. The van der Waals surface area contributed by atoms with Crippen molar-refractivity contribution in [1.29, 1.82) is 5.41 Å². The van der Waals surface area contributed by atoms with Gasteiger partial charge < -0.3 is 10.2 Å². The van der Waals surface area contributed by atoms with E-state index in [-0.39, 0.29) is 11.6 Å². The van der Waals surface area contributed by atoms with Crippen molar-refractivity contribution in [3.63, 3.8) is 0 Å². The molecule has 1 saturated heterocycles. The Balaban J connectivity index is 1.92. The van der Waals surface area contributed by atoms with Crippen LogP contribution in [0.2, 0.25) is 0 Å². The van der Waals surface area contributed by atoms with Crippen molar-refractivity contribution in [3.05, 3.63) is 42.0 Å². The highest BCUT2D eigenvalue weighted by atomic mass is 16.2. The van der Waals surface area contributed by atoms with Gasteiger partial charge >= 0.3 is 0 Å². The molecule has 2 amide bonds. The Morgan fingerprint density at radius 2 is 1.77 bits per heavy atom. The van der Waals surface area contributed by atoms with E-state index in [1.54, 1.807) is 30.3 Å². The summed E-state index contributed by atoms with van der Waals surface area (Å²) in [6, 6.07) is 7.34. The molecule has 0 atom stereocenters. The first-order valence-electron chi connectivity index (χ1n) is 9.12. The fourth-order valence-corrected chi connectivity index (χ4v) is 2.83. The van der Waals surface area contributed by atoms with Gasteiger partial charge in [0.05, 0.1) is 0 Å². The van der Waals surface area contributed by atoms with Gasteiger partial charge in [0, 0.05) is 43.5 Å². The highest BCUT2D eigenvalue weighted by molar-refractivity contribution is 6.45. The predicted octanol–water partition coefficient (Wildman–Crippen LogP) is 2.78. The lowest BCUT2D eigenvalue weighted by atomic mass is 10.1. The number of carbonyl (C=O) groups excluding carboxylic acids is 2. The first kappa shape index (κ1) is 19.8. The van der Waals surface area contributed by atoms with Gasteiger partial charge in [-0.25, -0.2) is 0 Å². The number of hydrogen-bond acceptors (Lipinski definition) is 4. The highest BCUT2D eigenvalue weighted by Gasteiger charge is 2.23. The molecular weight excluding hydrogens is 328 g/mol. The largest absolute Gasteiger partial charge is 0.336 e. The average molecular weight is 356 g/mol. The van der Waals surface area contributed by atoms with Gasteiger partial charge in [-0.05, 0) is 50.6 Å².